The number of nitrogens with zero attached hydrogens (tertiary/aromatic N) is 3. The topological polar surface area (TPSA) is 180 Å². The number of likely N-dealkylation sites (tertiary alicyclic amines) is 1. The van der Waals surface area contributed by atoms with E-state index >= 15 is 0 Å². The maximum atomic E-state index is 13.6. The monoisotopic (exact) mass is 555 g/mol. The third-order valence-corrected chi connectivity index (χ3v) is 7.74. The second-order valence-electron chi connectivity index (χ2n) is 10.8. The number of hydrogen-bond donors (Lipinski definition) is 4. The molecule has 1 saturated heterocycles. The van der Waals surface area contributed by atoms with Crippen molar-refractivity contribution in [3.8, 4) is 0 Å². The molecule has 2 saturated carbocycles. The quantitative estimate of drug-likeness (QED) is 0.249. The zero-order chi connectivity index (χ0) is 28.8. The van der Waals surface area contributed by atoms with Gasteiger partial charge >= 0.3 is 0 Å². The lowest BCUT2D eigenvalue weighted by molar-refractivity contribution is -0.144. The van der Waals surface area contributed by atoms with E-state index in [-0.39, 0.29) is 30.1 Å². The fourth-order valence-electron chi connectivity index (χ4n) is 5.60. The molecular formula is C27H37N7O6. The molecule has 4 N–H and O–H groups in total. The van der Waals surface area contributed by atoms with Gasteiger partial charge in [-0.1, -0.05) is 19.8 Å². The van der Waals surface area contributed by atoms with Crippen LogP contribution < -0.4 is 21.3 Å². The lowest BCUT2D eigenvalue weighted by Crippen LogP contribution is -2.57. The molecular weight excluding hydrogens is 518 g/mol. The predicted octanol–water partition coefficient (Wildman–Crippen LogP) is -0.529. The molecule has 2 heterocycles. The van der Waals surface area contributed by atoms with Crippen LogP contribution in [0.2, 0.25) is 0 Å². The largest absolute Gasteiger partial charge is 0.347 e. The van der Waals surface area contributed by atoms with Crippen molar-refractivity contribution in [2.45, 2.75) is 83.0 Å². The number of hydrogen-bond acceptors (Lipinski definition) is 8. The Labute approximate surface area is 232 Å². The molecule has 3 aliphatic rings. The Morgan fingerprint density at radius 2 is 1.82 bits per heavy atom. The molecule has 1 aromatic rings. The van der Waals surface area contributed by atoms with Crippen LogP contribution in [0.3, 0.4) is 0 Å². The average Bonchev–Trinajstić information content (AvgIpc) is 3.51. The van der Waals surface area contributed by atoms with Gasteiger partial charge in [0.1, 0.15) is 17.8 Å². The Kier molecular flexibility index (Phi) is 9.43. The highest BCUT2D eigenvalue weighted by Crippen LogP contribution is 2.42. The lowest BCUT2D eigenvalue weighted by atomic mass is 9.93. The van der Waals surface area contributed by atoms with Crippen molar-refractivity contribution >= 4 is 35.3 Å². The Morgan fingerprint density at radius 1 is 1.05 bits per heavy atom. The molecule has 1 unspecified atom stereocenters. The zero-order valence-corrected chi connectivity index (χ0v) is 22.9. The number of fused-ring (bicyclic) bond motifs is 1. The van der Waals surface area contributed by atoms with Gasteiger partial charge in [0.25, 0.3) is 11.8 Å². The van der Waals surface area contributed by atoms with Crippen LogP contribution in [0.25, 0.3) is 0 Å². The molecule has 40 heavy (non-hydrogen) atoms. The molecule has 13 nitrogen and oxygen atoms in total. The number of Topliss-reactive ketones (excluding diaryl/α,β-unsaturated/α-hetero) is 1. The van der Waals surface area contributed by atoms with Crippen LogP contribution >= 0.6 is 0 Å². The van der Waals surface area contributed by atoms with Crippen molar-refractivity contribution in [1.29, 1.82) is 0 Å². The summed E-state index contributed by atoms with van der Waals surface area (Å²) in [5, 5.41) is 10.5. The molecule has 2 aliphatic carbocycles. The Balaban J connectivity index is 1.37. The minimum Gasteiger partial charge on any atom is -0.347 e. The van der Waals surface area contributed by atoms with Crippen LogP contribution in [0.1, 0.15) is 69.3 Å². The Morgan fingerprint density at radius 3 is 2.50 bits per heavy atom. The third-order valence-electron chi connectivity index (χ3n) is 7.74. The summed E-state index contributed by atoms with van der Waals surface area (Å²) >= 11 is 0. The molecule has 5 amide bonds. The normalized spacial score (nSPS) is 22.9. The number of carbonyl (C=O) groups is 6. The fraction of sp³-hybridized carbons (Fsp3) is 0.630. The minimum atomic E-state index is -0.969. The van der Waals surface area contributed by atoms with Crippen LogP contribution in [0, 0.1) is 11.8 Å². The van der Waals surface area contributed by atoms with Gasteiger partial charge in [0, 0.05) is 25.0 Å². The van der Waals surface area contributed by atoms with E-state index in [9.17, 15) is 28.8 Å². The van der Waals surface area contributed by atoms with Crippen LogP contribution in [0.15, 0.2) is 18.6 Å². The molecule has 0 aromatic carbocycles. The van der Waals surface area contributed by atoms with E-state index in [1.54, 1.807) is 0 Å². The van der Waals surface area contributed by atoms with Gasteiger partial charge in [-0.2, -0.15) is 0 Å². The van der Waals surface area contributed by atoms with Gasteiger partial charge in [-0.3, -0.25) is 33.8 Å². The van der Waals surface area contributed by atoms with E-state index in [2.05, 4.69) is 31.2 Å². The fourth-order valence-corrected chi connectivity index (χ4v) is 5.60. The second kappa shape index (κ2) is 13.0. The molecule has 1 aromatic heterocycles. The average molecular weight is 556 g/mol. The van der Waals surface area contributed by atoms with E-state index in [0.717, 1.165) is 32.1 Å². The smallest absolute Gasteiger partial charge is 0.289 e. The molecule has 3 fully saturated rings. The molecule has 5 atom stereocenters. The number of ketones is 1. The third kappa shape index (κ3) is 6.99. The lowest BCUT2D eigenvalue weighted by Gasteiger charge is -2.30. The maximum absolute atomic E-state index is 13.6. The van der Waals surface area contributed by atoms with Gasteiger partial charge in [-0.25, -0.2) is 4.98 Å². The van der Waals surface area contributed by atoms with Gasteiger partial charge in [0.2, 0.25) is 23.5 Å². The van der Waals surface area contributed by atoms with Gasteiger partial charge in [0.05, 0.1) is 18.8 Å². The van der Waals surface area contributed by atoms with E-state index in [1.807, 2.05) is 6.92 Å². The van der Waals surface area contributed by atoms with Crippen molar-refractivity contribution in [1.82, 2.24) is 36.1 Å². The number of amides is 5. The van der Waals surface area contributed by atoms with Gasteiger partial charge in [-0.15, -0.1) is 0 Å². The molecule has 13 heteroatoms. The summed E-state index contributed by atoms with van der Waals surface area (Å²) in [4.78, 5) is 86.0. The van der Waals surface area contributed by atoms with Crippen LogP contribution in [0.5, 0.6) is 0 Å². The first-order valence-electron chi connectivity index (χ1n) is 14.0. The van der Waals surface area contributed by atoms with Crippen molar-refractivity contribution in [3.05, 3.63) is 24.3 Å². The second-order valence-corrected chi connectivity index (χ2v) is 10.8. The summed E-state index contributed by atoms with van der Waals surface area (Å²) in [7, 11) is 0. The van der Waals surface area contributed by atoms with E-state index in [0.29, 0.717) is 19.4 Å². The minimum absolute atomic E-state index is 0.0219. The zero-order valence-electron chi connectivity index (χ0n) is 22.9. The van der Waals surface area contributed by atoms with Crippen LogP contribution in [-0.4, -0.2) is 87.4 Å². The first-order chi connectivity index (χ1) is 19.2. The van der Waals surface area contributed by atoms with Gasteiger partial charge in [-0.05, 0) is 50.9 Å². The van der Waals surface area contributed by atoms with Gasteiger partial charge in [0.15, 0.2) is 0 Å². The summed E-state index contributed by atoms with van der Waals surface area (Å²) in [6, 6.07) is -2.70. The van der Waals surface area contributed by atoms with E-state index < -0.39 is 53.4 Å². The van der Waals surface area contributed by atoms with E-state index in [1.165, 1.54) is 30.4 Å². The highest BCUT2D eigenvalue weighted by atomic mass is 16.2. The molecule has 4 rings (SSSR count). The van der Waals surface area contributed by atoms with Crippen molar-refractivity contribution in [3.63, 3.8) is 0 Å². The number of carbonyl (C=O) groups excluding carboxylic acids is 6. The highest BCUT2D eigenvalue weighted by molar-refractivity contribution is 6.38. The first-order valence-corrected chi connectivity index (χ1v) is 14.0. The summed E-state index contributed by atoms with van der Waals surface area (Å²) in [6.45, 7) is 3.40. The van der Waals surface area contributed by atoms with Crippen LogP contribution in [0.4, 0.5) is 0 Å². The molecule has 0 spiro atoms. The van der Waals surface area contributed by atoms with Crippen LogP contribution in [-0.2, 0) is 24.0 Å². The SMILES string of the molecule is CCC[C@H](NC(=O)[C@@H]1[C@H]2CCC[C@H]2CN1C(=O)C(C)NC(=O)CNC(=O)c1cnccn1)C(=O)C(=O)NC1CC1. The van der Waals surface area contributed by atoms with Crippen molar-refractivity contribution < 1.29 is 28.8 Å². The van der Waals surface area contributed by atoms with Crippen molar-refractivity contribution in [2.24, 2.45) is 11.8 Å². The first kappa shape index (κ1) is 29.1. The highest BCUT2D eigenvalue weighted by Gasteiger charge is 2.50. The molecule has 0 radical (unpaired) electrons. The summed E-state index contributed by atoms with van der Waals surface area (Å²) in [5.74, 6) is -3.31. The number of rotatable bonds is 12. The predicted molar refractivity (Wildman–Crippen MR) is 141 cm³/mol. The molecule has 216 valence electrons. The van der Waals surface area contributed by atoms with E-state index in [4.69, 9.17) is 0 Å². The Bertz CT molecular complexity index is 1140. The molecule has 0 bridgehead atoms. The number of aromatic nitrogens is 2. The standard InChI is InChI=1S/C27H37N7O6/c1-3-5-19(23(36)26(39)32-17-8-9-17)33-25(38)22-18-7-4-6-16(18)14-34(22)27(40)15(2)31-21(35)13-30-24(37)20-12-28-10-11-29-20/h10-12,15-19,22H,3-9,13-14H2,1-2H3,(H,30,37)(H,31,35)(H,32,39)(H,33,38)/t15?,16-,18-,19-,22-/m0/s1. The van der Waals surface area contributed by atoms with Gasteiger partial charge < -0.3 is 26.2 Å². The maximum Gasteiger partial charge on any atom is 0.289 e. The molecule has 1 aliphatic heterocycles. The summed E-state index contributed by atoms with van der Waals surface area (Å²) in [5.41, 5.74) is 0.0572. The summed E-state index contributed by atoms with van der Waals surface area (Å²) < 4.78 is 0. The Hall–Kier alpha value is -3.90. The summed E-state index contributed by atoms with van der Waals surface area (Å²) in [6.07, 6.45) is 9.23. The van der Waals surface area contributed by atoms with Crippen molar-refractivity contribution in [2.75, 3.05) is 13.1 Å². The number of nitrogens with one attached hydrogen (secondary N) is 4.